The van der Waals surface area contributed by atoms with Gasteiger partial charge in [0, 0.05) is 37.3 Å². The number of rotatable bonds is 3. The quantitative estimate of drug-likeness (QED) is 0.797. The molecule has 1 aliphatic heterocycles. The number of carbonyl (C=O) groups excluding carboxylic acids is 2. The van der Waals surface area contributed by atoms with Gasteiger partial charge in [-0.25, -0.2) is 4.79 Å². The molecule has 1 amide bonds. The van der Waals surface area contributed by atoms with E-state index in [4.69, 9.17) is 4.74 Å². The molecule has 2 unspecified atom stereocenters. The Morgan fingerprint density at radius 2 is 1.88 bits per heavy atom. The van der Waals surface area contributed by atoms with Gasteiger partial charge in [0.05, 0.1) is 0 Å². The molecule has 1 aromatic rings. The summed E-state index contributed by atoms with van der Waals surface area (Å²) >= 11 is 0. The molecule has 0 spiro atoms. The summed E-state index contributed by atoms with van der Waals surface area (Å²) in [6.45, 7) is 12.0. The van der Waals surface area contributed by atoms with E-state index in [2.05, 4.69) is 18.7 Å². The maximum atomic E-state index is 12.3. The highest BCUT2D eigenvalue weighted by Gasteiger charge is 2.33. The number of aldehydes is 1. The van der Waals surface area contributed by atoms with Crippen LogP contribution in [0.25, 0.3) is 0 Å². The molecule has 1 aliphatic rings. The smallest absolute Gasteiger partial charge is 0.410 e. The lowest BCUT2D eigenvalue weighted by Gasteiger charge is -2.44. The normalized spacial score (nSPS) is 22.3. The van der Waals surface area contributed by atoms with Crippen LogP contribution in [0, 0.1) is 0 Å². The Morgan fingerprint density at radius 1 is 1.25 bits per heavy atom. The number of piperazine rings is 1. The van der Waals surface area contributed by atoms with Crippen molar-refractivity contribution in [3.8, 4) is 0 Å². The van der Waals surface area contributed by atoms with Crippen molar-refractivity contribution in [2.45, 2.75) is 58.8 Å². The molecule has 0 aliphatic carbocycles. The van der Waals surface area contributed by atoms with Gasteiger partial charge >= 0.3 is 6.09 Å². The molecule has 0 aromatic heterocycles. The third-order valence-electron chi connectivity index (χ3n) is 4.21. The predicted octanol–water partition coefficient (Wildman–Crippen LogP) is 3.33. The van der Waals surface area contributed by atoms with Gasteiger partial charge in [-0.15, -0.1) is 0 Å². The summed E-state index contributed by atoms with van der Waals surface area (Å²) in [5, 5.41) is 0. The lowest BCUT2D eigenvalue weighted by Crippen LogP contribution is -2.58. The summed E-state index contributed by atoms with van der Waals surface area (Å²) in [6.07, 6.45) is 0.625. The summed E-state index contributed by atoms with van der Waals surface area (Å²) in [5.74, 6) is 0. The predicted molar refractivity (Wildman–Crippen MR) is 94.1 cm³/mol. The van der Waals surface area contributed by atoms with Crippen LogP contribution in [0.3, 0.4) is 0 Å². The van der Waals surface area contributed by atoms with Crippen molar-refractivity contribution in [2.24, 2.45) is 0 Å². The number of hydrogen-bond acceptors (Lipinski definition) is 4. The number of benzene rings is 1. The van der Waals surface area contributed by atoms with Crippen molar-refractivity contribution < 1.29 is 14.3 Å². The number of amides is 1. The SMILES string of the molecule is CC1CN(C(=O)OC(C)(C)C)CC(C)N1Cc1cccc(C=O)c1. The van der Waals surface area contributed by atoms with Crippen LogP contribution >= 0.6 is 0 Å². The van der Waals surface area contributed by atoms with Gasteiger partial charge in [-0.2, -0.15) is 0 Å². The second-order valence-electron chi connectivity index (χ2n) is 7.62. The van der Waals surface area contributed by atoms with Crippen LogP contribution in [-0.4, -0.2) is 53.0 Å². The van der Waals surface area contributed by atoms with Crippen molar-refractivity contribution >= 4 is 12.4 Å². The van der Waals surface area contributed by atoms with Gasteiger partial charge in [0.15, 0.2) is 0 Å². The molecule has 1 saturated heterocycles. The van der Waals surface area contributed by atoms with E-state index in [0.717, 1.165) is 18.4 Å². The molecule has 1 heterocycles. The Hall–Kier alpha value is -1.88. The van der Waals surface area contributed by atoms with E-state index in [-0.39, 0.29) is 18.2 Å². The molecule has 0 saturated carbocycles. The largest absolute Gasteiger partial charge is 0.444 e. The lowest BCUT2D eigenvalue weighted by molar-refractivity contribution is -0.00967. The van der Waals surface area contributed by atoms with Gasteiger partial charge in [0.1, 0.15) is 11.9 Å². The van der Waals surface area contributed by atoms with Gasteiger partial charge in [-0.05, 0) is 46.2 Å². The molecule has 1 fully saturated rings. The van der Waals surface area contributed by atoms with Gasteiger partial charge in [-0.3, -0.25) is 9.69 Å². The minimum Gasteiger partial charge on any atom is -0.444 e. The second kappa shape index (κ2) is 7.34. The molecule has 0 bridgehead atoms. The highest BCUT2D eigenvalue weighted by Crippen LogP contribution is 2.21. The van der Waals surface area contributed by atoms with Crippen LogP contribution in [0.15, 0.2) is 24.3 Å². The first kappa shape index (κ1) is 18.5. The zero-order valence-corrected chi connectivity index (χ0v) is 15.3. The van der Waals surface area contributed by atoms with E-state index < -0.39 is 5.60 Å². The van der Waals surface area contributed by atoms with E-state index in [1.54, 1.807) is 4.90 Å². The monoisotopic (exact) mass is 332 g/mol. The van der Waals surface area contributed by atoms with Gasteiger partial charge < -0.3 is 9.64 Å². The third-order valence-corrected chi connectivity index (χ3v) is 4.21. The Balaban J connectivity index is 2.02. The maximum Gasteiger partial charge on any atom is 0.410 e. The summed E-state index contributed by atoms with van der Waals surface area (Å²) in [7, 11) is 0. The molecular formula is C19H28N2O3. The molecule has 2 atom stereocenters. The topological polar surface area (TPSA) is 49.9 Å². The van der Waals surface area contributed by atoms with Crippen LogP contribution < -0.4 is 0 Å². The van der Waals surface area contributed by atoms with Crippen molar-refractivity contribution in [1.29, 1.82) is 0 Å². The molecule has 1 aromatic carbocycles. The molecule has 24 heavy (non-hydrogen) atoms. The van der Waals surface area contributed by atoms with Gasteiger partial charge in [-0.1, -0.05) is 18.2 Å². The minimum absolute atomic E-state index is 0.223. The molecule has 132 valence electrons. The average Bonchev–Trinajstić information content (AvgIpc) is 2.49. The Kier molecular flexibility index (Phi) is 5.65. The van der Waals surface area contributed by atoms with Gasteiger partial charge in [0.25, 0.3) is 0 Å². The van der Waals surface area contributed by atoms with E-state index in [0.29, 0.717) is 18.7 Å². The van der Waals surface area contributed by atoms with Crippen molar-refractivity contribution in [3.63, 3.8) is 0 Å². The third kappa shape index (κ3) is 4.81. The van der Waals surface area contributed by atoms with Crippen molar-refractivity contribution in [3.05, 3.63) is 35.4 Å². The maximum absolute atomic E-state index is 12.3. The van der Waals surface area contributed by atoms with E-state index >= 15 is 0 Å². The first-order valence-corrected chi connectivity index (χ1v) is 8.47. The van der Waals surface area contributed by atoms with Gasteiger partial charge in [0.2, 0.25) is 0 Å². The fourth-order valence-electron chi connectivity index (χ4n) is 3.12. The van der Waals surface area contributed by atoms with Crippen LogP contribution in [0.4, 0.5) is 4.79 Å². The standard InChI is InChI=1S/C19H28N2O3/c1-14-10-20(18(23)24-19(3,4)5)11-15(2)21(14)12-16-7-6-8-17(9-16)13-22/h6-9,13-15H,10-12H2,1-5H3. The van der Waals surface area contributed by atoms with Crippen molar-refractivity contribution in [2.75, 3.05) is 13.1 Å². The number of nitrogens with zero attached hydrogens (tertiary/aromatic N) is 2. The van der Waals surface area contributed by atoms with Crippen LogP contribution in [-0.2, 0) is 11.3 Å². The average molecular weight is 332 g/mol. The fraction of sp³-hybridized carbons (Fsp3) is 0.579. The Labute approximate surface area is 144 Å². The Bertz CT molecular complexity index is 583. The molecule has 2 rings (SSSR count). The lowest BCUT2D eigenvalue weighted by atomic mass is 10.1. The second-order valence-corrected chi connectivity index (χ2v) is 7.62. The summed E-state index contributed by atoms with van der Waals surface area (Å²) in [4.78, 5) is 27.4. The zero-order chi connectivity index (χ0) is 17.9. The number of ether oxygens (including phenoxy) is 1. The van der Waals surface area contributed by atoms with Crippen LogP contribution in [0.1, 0.15) is 50.5 Å². The summed E-state index contributed by atoms with van der Waals surface area (Å²) in [6, 6.07) is 8.12. The highest BCUT2D eigenvalue weighted by atomic mass is 16.6. The van der Waals surface area contributed by atoms with E-state index in [1.165, 1.54) is 0 Å². The fourth-order valence-corrected chi connectivity index (χ4v) is 3.12. The first-order valence-electron chi connectivity index (χ1n) is 8.47. The van der Waals surface area contributed by atoms with Crippen LogP contribution in [0.5, 0.6) is 0 Å². The molecular weight excluding hydrogens is 304 g/mol. The van der Waals surface area contributed by atoms with Crippen molar-refractivity contribution in [1.82, 2.24) is 9.80 Å². The number of hydrogen-bond donors (Lipinski definition) is 0. The van der Waals surface area contributed by atoms with Crippen LogP contribution in [0.2, 0.25) is 0 Å². The molecule has 0 radical (unpaired) electrons. The summed E-state index contributed by atoms with van der Waals surface area (Å²) < 4.78 is 5.49. The number of carbonyl (C=O) groups is 2. The zero-order valence-electron chi connectivity index (χ0n) is 15.3. The first-order chi connectivity index (χ1) is 11.2. The minimum atomic E-state index is -0.476. The molecule has 5 nitrogen and oxygen atoms in total. The Morgan fingerprint density at radius 3 is 2.42 bits per heavy atom. The molecule has 5 heteroatoms. The molecule has 0 N–H and O–H groups in total. The van der Waals surface area contributed by atoms with E-state index in [9.17, 15) is 9.59 Å². The highest BCUT2D eigenvalue weighted by molar-refractivity contribution is 5.74. The van der Waals surface area contributed by atoms with E-state index in [1.807, 2.05) is 45.0 Å². The summed E-state index contributed by atoms with van der Waals surface area (Å²) in [5.41, 5.74) is 1.33.